The maximum absolute atomic E-state index is 10.2. The molecule has 3 aromatic rings. The average molecular weight is 595 g/mol. The standard InChI is InChI=1S/C15H10N.C12H22O2.Ir/c1-2-6-12(7-3-1)15-10-13-8-4-5-9-14(13)11-16-15;1-11(2)5-7-6-12(3,4)10(14)8(7)9(11)13;/h1-6,8-11H;7-10,13-14H,5-6H2,1-4H3;/q-1;;. The van der Waals surface area contributed by atoms with Gasteiger partial charge in [-0.3, -0.25) is 0 Å². The molecule has 2 aromatic carbocycles. The molecule has 0 saturated heterocycles. The van der Waals surface area contributed by atoms with Gasteiger partial charge in [0.15, 0.2) is 0 Å². The van der Waals surface area contributed by atoms with E-state index in [0.29, 0.717) is 5.92 Å². The molecule has 1 radical (unpaired) electrons. The largest absolute Gasteiger partial charge is 0.392 e. The van der Waals surface area contributed by atoms with Crippen molar-refractivity contribution in [3.05, 3.63) is 66.9 Å². The number of hydrogen-bond acceptors (Lipinski definition) is 3. The number of fused-ring (bicyclic) bond motifs is 2. The summed E-state index contributed by atoms with van der Waals surface area (Å²) in [4.78, 5) is 4.45. The van der Waals surface area contributed by atoms with E-state index < -0.39 is 0 Å². The maximum Gasteiger partial charge on any atom is 0.0646 e. The zero-order valence-electron chi connectivity index (χ0n) is 18.7. The second-order valence-corrected chi connectivity index (χ2v) is 10.3. The van der Waals surface area contributed by atoms with Crippen LogP contribution in [0.4, 0.5) is 0 Å². The van der Waals surface area contributed by atoms with Crippen LogP contribution in [0, 0.1) is 28.7 Å². The number of aliphatic hydroxyl groups excluding tert-OH is 2. The van der Waals surface area contributed by atoms with E-state index in [2.05, 4.69) is 56.9 Å². The van der Waals surface area contributed by atoms with Crippen molar-refractivity contribution < 1.29 is 30.3 Å². The number of pyridine rings is 1. The Morgan fingerprint density at radius 3 is 2.00 bits per heavy atom. The molecule has 5 rings (SSSR count). The van der Waals surface area contributed by atoms with Gasteiger partial charge in [0.25, 0.3) is 0 Å². The van der Waals surface area contributed by atoms with E-state index in [-0.39, 0.29) is 49.1 Å². The van der Waals surface area contributed by atoms with Gasteiger partial charge in [0, 0.05) is 32.2 Å². The van der Waals surface area contributed by atoms with Crippen molar-refractivity contribution in [2.45, 2.75) is 52.7 Å². The third-order valence-electron chi connectivity index (χ3n) is 7.07. The molecule has 2 aliphatic rings. The Labute approximate surface area is 199 Å². The monoisotopic (exact) mass is 595 g/mol. The van der Waals surface area contributed by atoms with E-state index in [4.69, 9.17) is 0 Å². The van der Waals surface area contributed by atoms with Crippen molar-refractivity contribution in [2.75, 3.05) is 0 Å². The van der Waals surface area contributed by atoms with Gasteiger partial charge >= 0.3 is 0 Å². The van der Waals surface area contributed by atoms with Gasteiger partial charge in [0.1, 0.15) is 0 Å². The van der Waals surface area contributed by atoms with Crippen LogP contribution < -0.4 is 0 Å². The van der Waals surface area contributed by atoms with Gasteiger partial charge in [-0.15, -0.1) is 35.9 Å². The number of benzene rings is 2. The molecule has 2 fully saturated rings. The van der Waals surface area contributed by atoms with Crippen molar-refractivity contribution >= 4 is 10.8 Å². The zero-order valence-corrected chi connectivity index (χ0v) is 21.1. The molecule has 0 amide bonds. The minimum absolute atomic E-state index is 0. The molecule has 0 bridgehead atoms. The first-order chi connectivity index (χ1) is 14.2. The van der Waals surface area contributed by atoms with Crippen LogP contribution in [0.15, 0.2) is 60.8 Å². The van der Waals surface area contributed by atoms with Crippen LogP contribution >= 0.6 is 0 Å². The number of aromatic nitrogens is 1. The summed E-state index contributed by atoms with van der Waals surface area (Å²) >= 11 is 0. The molecule has 2 saturated carbocycles. The molecule has 4 heteroatoms. The Morgan fingerprint density at radius 1 is 0.871 bits per heavy atom. The Balaban J connectivity index is 0.000000172. The fourth-order valence-corrected chi connectivity index (χ4v) is 5.45. The summed E-state index contributed by atoms with van der Waals surface area (Å²) in [5.74, 6) is 0.630. The first kappa shape index (κ1) is 24.1. The molecule has 2 atom stereocenters. The SMILES string of the molecule is CC1(C)CC2CC(C)(C)C(O)C2C1O.[Ir].[c-]1ccccc1-c1cc2ccccc2cn1. The average Bonchev–Trinajstić information content (AvgIpc) is 3.08. The van der Waals surface area contributed by atoms with Gasteiger partial charge in [0.05, 0.1) is 12.2 Å². The van der Waals surface area contributed by atoms with Gasteiger partial charge in [-0.2, -0.15) is 0 Å². The Bertz CT molecular complexity index is 994. The fraction of sp³-hybridized carbons (Fsp3) is 0.444. The van der Waals surface area contributed by atoms with E-state index >= 15 is 0 Å². The minimum Gasteiger partial charge on any atom is -0.392 e. The van der Waals surface area contributed by atoms with E-state index in [0.717, 1.165) is 24.1 Å². The third kappa shape index (κ3) is 4.78. The Morgan fingerprint density at radius 2 is 1.45 bits per heavy atom. The van der Waals surface area contributed by atoms with Crippen LogP contribution in [0.2, 0.25) is 0 Å². The van der Waals surface area contributed by atoms with Crippen molar-refractivity contribution in [1.82, 2.24) is 4.98 Å². The molecular weight excluding hydrogens is 563 g/mol. The molecule has 3 nitrogen and oxygen atoms in total. The van der Waals surface area contributed by atoms with Crippen LogP contribution in [0.3, 0.4) is 0 Å². The Kier molecular flexibility index (Phi) is 7.08. The van der Waals surface area contributed by atoms with Gasteiger partial charge in [-0.1, -0.05) is 58.0 Å². The molecular formula is C27H32IrNO2-. The topological polar surface area (TPSA) is 53.4 Å². The molecule has 2 N–H and O–H groups in total. The third-order valence-corrected chi connectivity index (χ3v) is 7.07. The summed E-state index contributed by atoms with van der Waals surface area (Å²) < 4.78 is 0. The predicted octanol–water partition coefficient (Wildman–Crippen LogP) is 5.50. The van der Waals surface area contributed by atoms with Crippen LogP contribution in [0.5, 0.6) is 0 Å². The van der Waals surface area contributed by atoms with Crippen LogP contribution in [-0.4, -0.2) is 27.4 Å². The van der Waals surface area contributed by atoms with Crippen LogP contribution in [0.25, 0.3) is 22.0 Å². The van der Waals surface area contributed by atoms with Crippen molar-refractivity contribution in [1.29, 1.82) is 0 Å². The smallest absolute Gasteiger partial charge is 0.0646 e. The molecule has 2 unspecified atom stereocenters. The van der Waals surface area contributed by atoms with Crippen molar-refractivity contribution in [2.24, 2.45) is 22.7 Å². The van der Waals surface area contributed by atoms with Gasteiger partial charge in [0.2, 0.25) is 0 Å². The molecule has 1 aromatic heterocycles. The molecule has 0 spiro atoms. The summed E-state index contributed by atoms with van der Waals surface area (Å²) in [6.45, 7) is 8.43. The molecule has 167 valence electrons. The molecule has 31 heavy (non-hydrogen) atoms. The molecule has 0 aliphatic heterocycles. The van der Waals surface area contributed by atoms with Crippen molar-refractivity contribution in [3.63, 3.8) is 0 Å². The van der Waals surface area contributed by atoms with E-state index in [9.17, 15) is 10.2 Å². The quantitative estimate of drug-likeness (QED) is 0.366. The molecule has 2 aliphatic carbocycles. The maximum atomic E-state index is 10.2. The van der Waals surface area contributed by atoms with E-state index in [1.165, 1.54) is 10.8 Å². The summed E-state index contributed by atoms with van der Waals surface area (Å²) in [5, 5.41) is 22.7. The van der Waals surface area contributed by atoms with Crippen molar-refractivity contribution in [3.8, 4) is 11.3 Å². The predicted molar refractivity (Wildman–Crippen MR) is 122 cm³/mol. The first-order valence-electron chi connectivity index (χ1n) is 10.9. The van der Waals surface area contributed by atoms with Gasteiger partial charge in [-0.25, -0.2) is 0 Å². The van der Waals surface area contributed by atoms with Crippen LogP contribution in [-0.2, 0) is 20.1 Å². The minimum atomic E-state index is -0.329. The summed E-state index contributed by atoms with van der Waals surface area (Å²) in [6, 6.07) is 21.4. The van der Waals surface area contributed by atoms with Crippen LogP contribution in [0.1, 0.15) is 40.5 Å². The summed E-state index contributed by atoms with van der Waals surface area (Å²) in [5.41, 5.74) is 1.99. The molecule has 1 heterocycles. The second-order valence-electron chi connectivity index (χ2n) is 10.3. The fourth-order valence-electron chi connectivity index (χ4n) is 5.45. The first-order valence-corrected chi connectivity index (χ1v) is 10.9. The number of aliphatic hydroxyl groups is 2. The summed E-state index contributed by atoms with van der Waals surface area (Å²) in [6.07, 6.45) is 3.36. The number of nitrogens with zero attached hydrogens (tertiary/aromatic N) is 1. The Hall–Kier alpha value is -1.58. The van der Waals surface area contributed by atoms with E-state index in [1.807, 2.05) is 42.6 Å². The zero-order chi connectivity index (χ0) is 21.5. The number of rotatable bonds is 1. The normalized spacial score (nSPS) is 27.7. The van der Waals surface area contributed by atoms with Gasteiger partial charge in [-0.05, 0) is 46.1 Å². The van der Waals surface area contributed by atoms with E-state index in [1.54, 1.807) is 0 Å². The number of hydrogen-bond donors (Lipinski definition) is 2. The second kappa shape index (κ2) is 9.11. The summed E-state index contributed by atoms with van der Waals surface area (Å²) in [7, 11) is 0. The van der Waals surface area contributed by atoms with Gasteiger partial charge < -0.3 is 15.2 Å².